The third-order valence-corrected chi connectivity index (χ3v) is 8.06. The van der Waals surface area contributed by atoms with E-state index in [0.29, 0.717) is 11.0 Å². The average molecular weight is 557 g/mol. The summed E-state index contributed by atoms with van der Waals surface area (Å²) < 4.78 is 0. The van der Waals surface area contributed by atoms with Crippen LogP contribution in [0.5, 0.6) is 5.75 Å². The Morgan fingerprint density at radius 3 is 1.37 bits per heavy atom. The van der Waals surface area contributed by atoms with Gasteiger partial charge >= 0.3 is 0 Å². The molecule has 0 spiro atoms. The molecule has 0 amide bonds. The predicted octanol–water partition coefficient (Wildman–Crippen LogP) is 10.0. The number of hydrogen-bond donors (Lipinski definition) is 5. The number of aromatic amines is 4. The molecule has 8 bridgehead atoms. The lowest BCUT2D eigenvalue weighted by atomic mass is 10.1. The summed E-state index contributed by atoms with van der Waals surface area (Å²) in [6.45, 7) is 0. The van der Waals surface area contributed by atoms with E-state index in [1.807, 2.05) is 66.7 Å². The molecule has 0 saturated carbocycles. The van der Waals surface area contributed by atoms with E-state index in [1.165, 1.54) is 0 Å². The van der Waals surface area contributed by atoms with Crippen LogP contribution in [0.15, 0.2) is 140 Å². The lowest BCUT2D eigenvalue weighted by Crippen LogP contribution is -1.83. The number of fused-ring (bicyclic) bond motifs is 8. The molecule has 0 radical (unpaired) electrons. The molecule has 3 aromatic carbocycles. The molecule has 0 aliphatic carbocycles. The zero-order valence-corrected chi connectivity index (χ0v) is 23.2. The van der Waals surface area contributed by atoms with Crippen molar-refractivity contribution in [2.24, 2.45) is 0 Å². The van der Waals surface area contributed by atoms with Crippen LogP contribution in [0.4, 0.5) is 0 Å². The van der Waals surface area contributed by atoms with Gasteiger partial charge in [-0.05, 0) is 60.2 Å². The first-order chi connectivity index (χ1) is 21.2. The Hall–Kier alpha value is -5.94. The summed E-state index contributed by atoms with van der Waals surface area (Å²) >= 11 is 0. The number of hydrogen-bond acceptors (Lipinski definition) is 1. The van der Waals surface area contributed by atoms with E-state index in [2.05, 4.69) is 92.7 Å². The number of rotatable bonds is 3. The van der Waals surface area contributed by atoms with Crippen molar-refractivity contribution in [1.29, 1.82) is 0 Å². The highest BCUT2D eigenvalue weighted by Gasteiger charge is 2.18. The first kappa shape index (κ1) is 24.8. The fourth-order valence-corrected chi connectivity index (χ4v) is 6.06. The zero-order chi connectivity index (χ0) is 28.8. The summed E-state index contributed by atoms with van der Waals surface area (Å²) in [6, 6.07) is 47.6. The van der Waals surface area contributed by atoms with Crippen LogP contribution in [-0.4, -0.2) is 25.0 Å². The first-order valence-electron chi connectivity index (χ1n) is 14.3. The van der Waals surface area contributed by atoms with Crippen molar-refractivity contribution in [2.75, 3.05) is 0 Å². The van der Waals surface area contributed by atoms with Crippen molar-refractivity contribution in [3.8, 4) is 39.1 Å². The van der Waals surface area contributed by atoms with Crippen molar-refractivity contribution in [2.45, 2.75) is 0 Å². The summed E-state index contributed by atoms with van der Waals surface area (Å²) in [7, 11) is 0. The molecule has 0 unspecified atom stereocenters. The maximum atomic E-state index is 11.4. The first-order valence-corrected chi connectivity index (χ1v) is 14.3. The van der Waals surface area contributed by atoms with Gasteiger partial charge in [0, 0.05) is 53.5 Å². The second kappa shape index (κ2) is 10.2. The molecule has 5 heteroatoms. The number of H-pyrrole nitrogens is 4. The lowest BCUT2D eigenvalue weighted by Gasteiger charge is -2.02. The van der Waals surface area contributed by atoms with Gasteiger partial charge in [-0.1, -0.05) is 30.3 Å². The summed E-state index contributed by atoms with van der Waals surface area (Å²) in [5, 5.41) is 11.4. The van der Waals surface area contributed by atoms with Crippen LogP contribution in [0.3, 0.4) is 0 Å². The van der Waals surface area contributed by atoms with E-state index in [4.69, 9.17) is 0 Å². The Balaban J connectivity index is 1.58. The minimum Gasteiger partial charge on any atom is -0.504 e. The molecule has 5 heterocycles. The SMILES string of the molecule is Oc1c2ccc([nH]2)c(-c2ccccc2)c2ccc([nH]2)[c+](-c2ccccc2)c2ccc([nH]2)[c+](-c2ccccc2)c2ccc1[nH]2. The quantitative estimate of drug-likeness (QED) is 0.138. The van der Waals surface area contributed by atoms with Crippen molar-refractivity contribution in [3.05, 3.63) is 140 Å². The largest absolute Gasteiger partial charge is 0.504 e. The van der Waals surface area contributed by atoms with E-state index in [-0.39, 0.29) is 5.75 Å². The van der Waals surface area contributed by atoms with Gasteiger partial charge in [0.15, 0.2) is 5.75 Å². The molecule has 0 aliphatic heterocycles. The molecule has 204 valence electrons. The summed E-state index contributed by atoms with van der Waals surface area (Å²) in [6.07, 6.45) is 0. The van der Waals surface area contributed by atoms with Gasteiger partial charge in [0.1, 0.15) is 33.2 Å². The predicted molar refractivity (Wildman–Crippen MR) is 178 cm³/mol. The molecular formula is C38H28N4O+2. The van der Waals surface area contributed by atoms with Crippen LogP contribution in [0.1, 0.15) is 0 Å². The second-order valence-electron chi connectivity index (χ2n) is 10.7. The van der Waals surface area contributed by atoms with Gasteiger partial charge in [-0.2, -0.15) is 0 Å². The highest BCUT2D eigenvalue weighted by molar-refractivity contribution is 6.00. The molecule has 0 saturated heterocycles. The number of aromatic hydroxyl groups is 1. The van der Waals surface area contributed by atoms with Gasteiger partial charge < -0.3 is 25.0 Å². The van der Waals surface area contributed by atoms with E-state index in [1.54, 1.807) is 0 Å². The van der Waals surface area contributed by atoms with Gasteiger partial charge in [0.2, 0.25) is 0 Å². The van der Waals surface area contributed by atoms with Gasteiger partial charge in [-0.3, -0.25) is 0 Å². The average Bonchev–Trinajstić information content (AvgIpc) is 3.88. The molecule has 0 fully saturated rings. The van der Waals surface area contributed by atoms with Crippen LogP contribution in [0.2, 0.25) is 0 Å². The second-order valence-corrected chi connectivity index (χ2v) is 10.7. The smallest absolute Gasteiger partial charge is 0.163 e. The third kappa shape index (κ3) is 4.35. The molecular weight excluding hydrogens is 528 g/mol. The van der Waals surface area contributed by atoms with Gasteiger partial charge in [-0.15, -0.1) is 0 Å². The molecule has 8 aromatic rings. The van der Waals surface area contributed by atoms with Gasteiger partial charge in [-0.25, -0.2) is 0 Å². The Morgan fingerprint density at radius 2 is 0.767 bits per heavy atom. The van der Waals surface area contributed by atoms with Crippen molar-refractivity contribution in [3.63, 3.8) is 0 Å². The number of aromatic nitrogens is 4. The number of nitrogens with one attached hydrogen (secondary N) is 4. The molecule has 5 aromatic heterocycles. The van der Waals surface area contributed by atoms with Gasteiger partial charge in [0.25, 0.3) is 0 Å². The van der Waals surface area contributed by atoms with E-state index >= 15 is 0 Å². The minimum atomic E-state index is 0.156. The monoisotopic (exact) mass is 556 g/mol. The standard InChI is InChI=1S/C38H27N4O/c43-38-33-22-20-31(41-33)36(25-12-6-2-7-13-25)29-18-16-27(39-29)35(24-10-4-1-5-11-24)28-17-19-30(40-28)37(26-14-8-3-9-15-26)32-21-23-34(38)42-32/h1-23,39-42H/q+1/p+1. The molecule has 43 heavy (non-hydrogen) atoms. The summed E-state index contributed by atoms with van der Waals surface area (Å²) in [5.41, 5.74) is 13.4. The maximum Gasteiger partial charge on any atom is 0.163 e. The van der Waals surface area contributed by atoms with E-state index < -0.39 is 0 Å². The highest BCUT2D eigenvalue weighted by atomic mass is 16.3. The van der Waals surface area contributed by atoms with Gasteiger partial charge in [0.05, 0.1) is 39.8 Å². The van der Waals surface area contributed by atoms with Crippen molar-refractivity contribution >= 4 is 44.1 Å². The number of benzene rings is 3. The normalized spacial score (nSPS) is 11.3. The van der Waals surface area contributed by atoms with E-state index in [9.17, 15) is 5.11 Å². The Morgan fingerprint density at radius 1 is 0.372 bits per heavy atom. The van der Waals surface area contributed by atoms with Crippen LogP contribution < -0.4 is 0 Å². The zero-order valence-electron chi connectivity index (χ0n) is 23.2. The lowest BCUT2D eigenvalue weighted by molar-refractivity contribution is 0.485. The molecule has 0 aliphatic rings. The molecule has 5 N–H and O–H groups in total. The summed E-state index contributed by atoms with van der Waals surface area (Å²) in [4.78, 5) is 14.5. The topological polar surface area (TPSA) is 83.4 Å². The maximum absolute atomic E-state index is 11.4. The van der Waals surface area contributed by atoms with Crippen molar-refractivity contribution < 1.29 is 5.11 Å². The fourth-order valence-electron chi connectivity index (χ4n) is 6.06. The van der Waals surface area contributed by atoms with Crippen LogP contribution in [0, 0.1) is 0 Å². The van der Waals surface area contributed by atoms with Crippen molar-refractivity contribution in [1.82, 2.24) is 19.9 Å². The molecule has 5 nitrogen and oxygen atoms in total. The summed E-state index contributed by atoms with van der Waals surface area (Å²) in [5.74, 6) is 0.156. The minimum absolute atomic E-state index is 0.156. The molecule has 8 rings (SSSR count). The molecule has 0 atom stereocenters. The Labute approximate surface area is 247 Å². The van der Waals surface area contributed by atoms with E-state index in [0.717, 1.165) is 66.5 Å². The highest BCUT2D eigenvalue weighted by Crippen LogP contribution is 2.35. The van der Waals surface area contributed by atoms with Crippen LogP contribution in [0.25, 0.3) is 77.5 Å². The Bertz CT molecular complexity index is 2190. The Kier molecular flexibility index (Phi) is 5.86. The van der Waals surface area contributed by atoms with Crippen LogP contribution >= 0.6 is 0 Å². The fraction of sp³-hybridized carbons (Fsp3) is 0. The van der Waals surface area contributed by atoms with Crippen LogP contribution in [-0.2, 0) is 0 Å². The third-order valence-electron chi connectivity index (χ3n) is 8.06.